The highest BCUT2D eigenvalue weighted by atomic mass is 35.5. The molecule has 1 aromatic heterocycles. The van der Waals surface area contributed by atoms with E-state index in [0.717, 1.165) is 43.0 Å². The van der Waals surface area contributed by atoms with E-state index < -0.39 is 10.0 Å². The molecule has 2 aromatic rings. The first-order valence-corrected chi connectivity index (χ1v) is 13.0. The molecule has 9 heteroatoms. The number of hydrogen-bond donors (Lipinski definition) is 0. The Morgan fingerprint density at radius 1 is 1.12 bits per heavy atom. The Hall–Kier alpha value is -2.16. The smallest absolute Gasteiger partial charge is 0.243 e. The predicted molar refractivity (Wildman–Crippen MR) is 127 cm³/mol. The minimum Gasteiger partial charge on any atom is -0.357 e. The van der Waals surface area contributed by atoms with Crippen molar-refractivity contribution in [2.75, 3.05) is 42.5 Å². The number of benzene rings is 1. The van der Waals surface area contributed by atoms with Gasteiger partial charge in [0, 0.05) is 50.5 Å². The second-order valence-corrected chi connectivity index (χ2v) is 10.6. The van der Waals surface area contributed by atoms with E-state index >= 15 is 0 Å². The zero-order chi connectivity index (χ0) is 22.9. The molecule has 0 spiro atoms. The van der Waals surface area contributed by atoms with Crippen molar-refractivity contribution in [3.05, 3.63) is 47.1 Å². The van der Waals surface area contributed by atoms with Gasteiger partial charge < -0.3 is 9.80 Å². The number of hydrogen-bond acceptors (Lipinski definition) is 5. The first-order valence-electron chi connectivity index (χ1n) is 11.2. The summed E-state index contributed by atoms with van der Waals surface area (Å²) in [7, 11) is -3.51. The van der Waals surface area contributed by atoms with E-state index in [2.05, 4.69) is 9.88 Å². The molecule has 0 bridgehead atoms. The summed E-state index contributed by atoms with van der Waals surface area (Å²) < 4.78 is 27.2. The number of halogens is 1. The topological polar surface area (TPSA) is 73.8 Å². The van der Waals surface area contributed by atoms with Gasteiger partial charge in [-0.25, -0.2) is 13.4 Å². The van der Waals surface area contributed by atoms with Gasteiger partial charge >= 0.3 is 0 Å². The highest BCUT2D eigenvalue weighted by molar-refractivity contribution is 7.89. The van der Waals surface area contributed by atoms with Crippen molar-refractivity contribution < 1.29 is 13.2 Å². The number of piperidine rings is 1. The van der Waals surface area contributed by atoms with Crippen LogP contribution in [-0.2, 0) is 21.2 Å². The maximum atomic E-state index is 13.3. The molecule has 1 saturated heterocycles. The van der Waals surface area contributed by atoms with Gasteiger partial charge in [0.2, 0.25) is 15.9 Å². The molecule has 32 heavy (non-hydrogen) atoms. The number of carbonyl (C=O) groups is 1. The van der Waals surface area contributed by atoms with Crippen LogP contribution in [0.15, 0.2) is 41.4 Å². The van der Waals surface area contributed by atoms with E-state index in [1.807, 2.05) is 30.9 Å². The minimum absolute atomic E-state index is 0.0383. The summed E-state index contributed by atoms with van der Waals surface area (Å²) in [6.45, 7) is 6.68. The molecular formula is C23H29ClN4O3S. The summed E-state index contributed by atoms with van der Waals surface area (Å²) in [6.07, 6.45) is 3.85. The highest BCUT2D eigenvalue weighted by Crippen LogP contribution is 2.34. The summed E-state index contributed by atoms with van der Waals surface area (Å²) >= 11 is 5.93. The van der Waals surface area contributed by atoms with E-state index in [4.69, 9.17) is 11.6 Å². The first-order chi connectivity index (χ1) is 15.3. The SMILES string of the molecule is CCN(CC)S(=O)(=O)c1ccc2c(c1)CCN2C(=O)C1CCN(c2ccc(Cl)cn2)CC1. The monoisotopic (exact) mass is 476 g/mol. The Kier molecular flexibility index (Phi) is 6.74. The molecule has 2 aliphatic rings. The van der Waals surface area contributed by atoms with Crippen LogP contribution in [0.2, 0.25) is 5.02 Å². The Morgan fingerprint density at radius 3 is 2.47 bits per heavy atom. The molecule has 1 fully saturated rings. The van der Waals surface area contributed by atoms with Crippen molar-refractivity contribution >= 4 is 39.0 Å². The van der Waals surface area contributed by atoms with Crippen molar-refractivity contribution in [3.8, 4) is 0 Å². The number of rotatable bonds is 6. The largest absolute Gasteiger partial charge is 0.357 e. The molecule has 1 amide bonds. The van der Waals surface area contributed by atoms with E-state index in [0.29, 0.717) is 36.0 Å². The normalized spacial score (nSPS) is 17.1. The average molecular weight is 477 g/mol. The lowest BCUT2D eigenvalue weighted by Gasteiger charge is -2.34. The van der Waals surface area contributed by atoms with Gasteiger partial charge in [0.25, 0.3) is 0 Å². The fourth-order valence-corrected chi connectivity index (χ4v) is 6.23. The number of anilines is 2. The Labute approximate surface area is 195 Å². The standard InChI is InChI=1S/C23H29ClN4O3S/c1-3-27(4-2)32(30,31)20-6-7-21-18(15-20)11-14-28(21)23(29)17-9-12-26(13-10-17)22-8-5-19(24)16-25-22/h5-8,15-17H,3-4,9-14H2,1-2H3. The fraction of sp³-hybridized carbons (Fsp3) is 0.478. The zero-order valence-corrected chi connectivity index (χ0v) is 20.1. The molecule has 0 atom stereocenters. The molecule has 7 nitrogen and oxygen atoms in total. The summed E-state index contributed by atoms with van der Waals surface area (Å²) in [5.41, 5.74) is 1.77. The summed E-state index contributed by atoms with van der Waals surface area (Å²) in [4.78, 5) is 22.0. The Balaban J connectivity index is 1.44. The average Bonchev–Trinajstić information content (AvgIpc) is 3.23. The fourth-order valence-electron chi connectivity index (χ4n) is 4.61. The van der Waals surface area contributed by atoms with Crippen molar-refractivity contribution in [3.63, 3.8) is 0 Å². The Bertz CT molecular complexity index is 1080. The van der Waals surface area contributed by atoms with Crippen molar-refractivity contribution in [1.29, 1.82) is 0 Å². The van der Waals surface area contributed by atoms with Crippen LogP contribution in [0.25, 0.3) is 0 Å². The molecule has 0 aliphatic carbocycles. The van der Waals surface area contributed by atoms with Crippen LogP contribution >= 0.6 is 11.6 Å². The molecule has 3 heterocycles. The molecule has 1 aromatic carbocycles. The minimum atomic E-state index is -3.51. The van der Waals surface area contributed by atoms with Gasteiger partial charge in [-0.15, -0.1) is 0 Å². The number of nitrogens with zero attached hydrogens (tertiary/aromatic N) is 4. The van der Waals surface area contributed by atoms with Crippen LogP contribution < -0.4 is 9.80 Å². The van der Waals surface area contributed by atoms with E-state index in [1.165, 1.54) is 4.31 Å². The molecule has 2 aliphatic heterocycles. The lowest BCUT2D eigenvalue weighted by atomic mass is 9.95. The van der Waals surface area contributed by atoms with Gasteiger partial charge in [-0.1, -0.05) is 25.4 Å². The van der Waals surface area contributed by atoms with Crippen LogP contribution in [0.1, 0.15) is 32.3 Å². The van der Waals surface area contributed by atoms with Crippen LogP contribution in [0.4, 0.5) is 11.5 Å². The first kappa shape index (κ1) is 23.0. The number of amides is 1. The summed E-state index contributed by atoms with van der Waals surface area (Å²) in [6, 6.07) is 8.91. The van der Waals surface area contributed by atoms with Crippen molar-refractivity contribution in [1.82, 2.24) is 9.29 Å². The molecule has 0 radical (unpaired) electrons. The zero-order valence-electron chi connectivity index (χ0n) is 18.5. The predicted octanol–water partition coefficient (Wildman–Crippen LogP) is 3.57. The molecule has 0 unspecified atom stereocenters. The molecule has 0 N–H and O–H groups in total. The Morgan fingerprint density at radius 2 is 1.84 bits per heavy atom. The number of fused-ring (bicyclic) bond motifs is 1. The van der Waals surface area contributed by atoms with Crippen LogP contribution in [0.5, 0.6) is 0 Å². The van der Waals surface area contributed by atoms with Crippen LogP contribution in [0.3, 0.4) is 0 Å². The highest BCUT2D eigenvalue weighted by Gasteiger charge is 2.33. The molecule has 4 rings (SSSR count). The third-order valence-corrected chi connectivity index (χ3v) is 8.71. The second kappa shape index (κ2) is 9.37. The van der Waals surface area contributed by atoms with E-state index in [9.17, 15) is 13.2 Å². The van der Waals surface area contributed by atoms with E-state index in [-0.39, 0.29) is 11.8 Å². The summed E-state index contributed by atoms with van der Waals surface area (Å²) in [5, 5.41) is 0.611. The van der Waals surface area contributed by atoms with Gasteiger partial charge in [0.1, 0.15) is 5.82 Å². The van der Waals surface area contributed by atoms with Crippen LogP contribution in [-0.4, -0.2) is 56.3 Å². The van der Waals surface area contributed by atoms with Gasteiger partial charge in [-0.05, 0) is 55.2 Å². The lowest BCUT2D eigenvalue weighted by molar-refractivity contribution is -0.122. The van der Waals surface area contributed by atoms with Gasteiger partial charge in [-0.3, -0.25) is 4.79 Å². The number of carbonyl (C=O) groups excluding carboxylic acids is 1. The van der Waals surface area contributed by atoms with Crippen molar-refractivity contribution in [2.45, 2.75) is 38.0 Å². The van der Waals surface area contributed by atoms with Crippen LogP contribution in [0, 0.1) is 5.92 Å². The van der Waals surface area contributed by atoms with Gasteiger partial charge in [0.15, 0.2) is 0 Å². The molecular weight excluding hydrogens is 448 g/mol. The maximum Gasteiger partial charge on any atom is 0.243 e. The van der Waals surface area contributed by atoms with E-state index in [1.54, 1.807) is 24.4 Å². The lowest BCUT2D eigenvalue weighted by Crippen LogP contribution is -2.42. The number of sulfonamides is 1. The third-order valence-electron chi connectivity index (χ3n) is 6.44. The summed E-state index contributed by atoms with van der Waals surface area (Å²) in [5.74, 6) is 0.976. The van der Waals surface area contributed by atoms with Crippen molar-refractivity contribution in [2.24, 2.45) is 5.92 Å². The third kappa shape index (κ3) is 4.36. The maximum absolute atomic E-state index is 13.3. The van der Waals surface area contributed by atoms with Gasteiger partial charge in [-0.2, -0.15) is 4.31 Å². The second-order valence-electron chi connectivity index (χ2n) is 8.22. The molecule has 0 saturated carbocycles. The number of aromatic nitrogens is 1. The molecule has 172 valence electrons. The quantitative estimate of drug-likeness (QED) is 0.637. The number of pyridine rings is 1. The van der Waals surface area contributed by atoms with Gasteiger partial charge in [0.05, 0.1) is 9.92 Å².